The van der Waals surface area contributed by atoms with Gasteiger partial charge < -0.3 is 9.52 Å². The summed E-state index contributed by atoms with van der Waals surface area (Å²) >= 11 is 3.07. The molecule has 0 saturated heterocycles. The van der Waals surface area contributed by atoms with Crippen molar-refractivity contribution in [3.8, 4) is 0 Å². The molecule has 1 N–H and O–H groups in total. The van der Waals surface area contributed by atoms with Crippen LogP contribution < -0.4 is 0 Å². The Hall–Kier alpha value is -1.03. The van der Waals surface area contributed by atoms with Crippen LogP contribution in [-0.2, 0) is 0 Å². The number of aromatic carboxylic acids is 1. The molecular formula is C8H7BrO3. The number of carboxylic acids is 1. The van der Waals surface area contributed by atoms with E-state index in [1.165, 1.54) is 6.07 Å². The van der Waals surface area contributed by atoms with Gasteiger partial charge in [0.2, 0.25) is 0 Å². The molecule has 0 aliphatic rings. The minimum absolute atomic E-state index is 0.204. The maximum Gasteiger partial charge on any atom is 0.339 e. The molecule has 0 bridgehead atoms. The summed E-state index contributed by atoms with van der Waals surface area (Å²) in [6.07, 6.45) is 1.64. The highest BCUT2D eigenvalue weighted by Gasteiger charge is 2.11. The van der Waals surface area contributed by atoms with Gasteiger partial charge in [-0.15, -0.1) is 0 Å². The largest absolute Gasteiger partial charge is 0.478 e. The van der Waals surface area contributed by atoms with E-state index in [0.717, 1.165) is 0 Å². The van der Waals surface area contributed by atoms with Crippen molar-refractivity contribution in [3.05, 3.63) is 28.1 Å². The van der Waals surface area contributed by atoms with E-state index in [9.17, 15) is 4.79 Å². The van der Waals surface area contributed by atoms with E-state index in [1.54, 1.807) is 18.0 Å². The third-order valence-corrected chi connectivity index (χ3v) is 1.66. The smallest absolute Gasteiger partial charge is 0.339 e. The van der Waals surface area contributed by atoms with Gasteiger partial charge in [0.25, 0.3) is 0 Å². The van der Waals surface area contributed by atoms with Gasteiger partial charge >= 0.3 is 5.97 Å². The number of hydrogen-bond acceptors (Lipinski definition) is 2. The van der Waals surface area contributed by atoms with Gasteiger partial charge in [-0.05, 0) is 24.1 Å². The van der Waals surface area contributed by atoms with Crippen LogP contribution in [0.4, 0.5) is 0 Å². The van der Waals surface area contributed by atoms with E-state index >= 15 is 0 Å². The SMILES string of the molecule is Cc1oc(/C=C/Br)cc1C(=O)O. The Labute approximate surface area is 77.8 Å². The van der Waals surface area contributed by atoms with Crippen molar-refractivity contribution >= 4 is 28.0 Å². The highest BCUT2D eigenvalue weighted by Crippen LogP contribution is 2.16. The van der Waals surface area contributed by atoms with Crippen LogP contribution in [0.5, 0.6) is 0 Å². The summed E-state index contributed by atoms with van der Waals surface area (Å²) in [6.45, 7) is 1.62. The summed E-state index contributed by atoms with van der Waals surface area (Å²) in [5.41, 5.74) is 0.204. The van der Waals surface area contributed by atoms with Crippen LogP contribution in [0.15, 0.2) is 15.5 Å². The zero-order chi connectivity index (χ0) is 9.14. The molecule has 1 aromatic rings. The van der Waals surface area contributed by atoms with Crippen molar-refractivity contribution < 1.29 is 14.3 Å². The van der Waals surface area contributed by atoms with Crippen LogP contribution >= 0.6 is 15.9 Å². The molecule has 0 aliphatic heterocycles. The monoisotopic (exact) mass is 230 g/mol. The van der Waals surface area contributed by atoms with Gasteiger partial charge in [-0.3, -0.25) is 0 Å². The molecular weight excluding hydrogens is 224 g/mol. The summed E-state index contributed by atoms with van der Waals surface area (Å²) in [5, 5.41) is 8.65. The fourth-order valence-corrected chi connectivity index (χ4v) is 1.12. The lowest BCUT2D eigenvalue weighted by Gasteiger charge is -1.85. The molecule has 3 nitrogen and oxygen atoms in total. The fourth-order valence-electron chi connectivity index (χ4n) is 0.862. The second-order valence-electron chi connectivity index (χ2n) is 2.22. The minimum Gasteiger partial charge on any atom is -0.478 e. The summed E-state index contributed by atoms with van der Waals surface area (Å²) in [6, 6.07) is 1.48. The van der Waals surface area contributed by atoms with Crippen LogP contribution in [0.3, 0.4) is 0 Å². The Kier molecular flexibility index (Phi) is 2.70. The van der Waals surface area contributed by atoms with Gasteiger partial charge in [-0.1, -0.05) is 15.9 Å². The van der Waals surface area contributed by atoms with Crippen LogP contribution in [0.2, 0.25) is 0 Å². The Morgan fingerprint density at radius 1 is 1.75 bits per heavy atom. The topological polar surface area (TPSA) is 50.4 Å². The predicted molar refractivity (Wildman–Crippen MR) is 48.4 cm³/mol. The third kappa shape index (κ3) is 1.76. The van der Waals surface area contributed by atoms with Crippen molar-refractivity contribution in [3.63, 3.8) is 0 Å². The molecule has 12 heavy (non-hydrogen) atoms. The molecule has 0 saturated carbocycles. The molecule has 1 aromatic heterocycles. The molecule has 1 rings (SSSR count). The van der Waals surface area contributed by atoms with Crippen LogP contribution in [0, 0.1) is 6.92 Å². The number of carboxylic acid groups (broad SMARTS) is 1. The maximum absolute atomic E-state index is 10.5. The van der Waals surface area contributed by atoms with Crippen molar-refractivity contribution in [2.24, 2.45) is 0 Å². The Morgan fingerprint density at radius 3 is 2.83 bits per heavy atom. The van der Waals surface area contributed by atoms with Crippen LogP contribution in [-0.4, -0.2) is 11.1 Å². The van der Waals surface area contributed by atoms with Crippen LogP contribution in [0.1, 0.15) is 21.9 Å². The predicted octanol–water partition coefficient (Wildman–Crippen LogP) is 2.65. The highest BCUT2D eigenvalue weighted by molar-refractivity contribution is 9.11. The van der Waals surface area contributed by atoms with E-state index in [4.69, 9.17) is 9.52 Å². The first kappa shape index (κ1) is 9.06. The fraction of sp³-hybridized carbons (Fsp3) is 0.125. The molecule has 0 aliphatic carbocycles. The van der Waals surface area contributed by atoms with Gasteiger partial charge in [0, 0.05) is 0 Å². The minimum atomic E-state index is -0.967. The first-order chi connectivity index (χ1) is 5.65. The molecule has 0 amide bonds. The van der Waals surface area contributed by atoms with Crippen molar-refractivity contribution in [1.82, 2.24) is 0 Å². The van der Waals surface area contributed by atoms with Gasteiger partial charge in [0.05, 0.1) is 0 Å². The molecule has 0 fully saturated rings. The molecule has 0 spiro atoms. The average molecular weight is 231 g/mol. The van der Waals surface area contributed by atoms with Gasteiger partial charge in [0.15, 0.2) is 0 Å². The summed E-state index contributed by atoms with van der Waals surface area (Å²) in [4.78, 5) is 12.2. The summed E-state index contributed by atoms with van der Waals surface area (Å²) in [5.74, 6) is -0.0182. The number of hydrogen-bond donors (Lipinski definition) is 1. The summed E-state index contributed by atoms with van der Waals surface area (Å²) < 4.78 is 5.12. The quantitative estimate of drug-likeness (QED) is 0.850. The standard InChI is InChI=1S/C8H7BrO3/c1-5-7(8(10)11)4-6(12-5)2-3-9/h2-4H,1H3,(H,10,11)/b3-2+. The highest BCUT2D eigenvalue weighted by atomic mass is 79.9. The number of rotatable bonds is 2. The lowest BCUT2D eigenvalue weighted by Crippen LogP contribution is -1.94. The Balaban J connectivity index is 3.08. The van der Waals surface area contributed by atoms with E-state index in [0.29, 0.717) is 11.5 Å². The molecule has 0 radical (unpaired) electrons. The first-order valence-electron chi connectivity index (χ1n) is 3.25. The van der Waals surface area contributed by atoms with E-state index in [1.807, 2.05) is 0 Å². The second-order valence-corrected chi connectivity index (χ2v) is 2.75. The molecule has 0 atom stereocenters. The molecule has 64 valence electrons. The number of aryl methyl sites for hydroxylation is 1. The zero-order valence-corrected chi connectivity index (χ0v) is 7.96. The number of furan rings is 1. The maximum atomic E-state index is 10.5. The second kappa shape index (κ2) is 3.58. The van der Waals surface area contributed by atoms with E-state index < -0.39 is 5.97 Å². The first-order valence-corrected chi connectivity index (χ1v) is 4.17. The Bertz CT molecular complexity index is 325. The lowest BCUT2D eigenvalue weighted by atomic mass is 10.2. The van der Waals surface area contributed by atoms with Crippen molar-refractivity contribution in [2.45, 2.75) is 6.92 Å². The summed E-state index contributed by atoms with van der Waals surface area (Å²) in [7, 11) is 0. The number of halogens is 1. The number of carbonyl (C=O) groups is 1. The lowest BCUT2D eigenvalue weighted by molar-refractivity contribution is 0.0695. The molecule has 0 aromatic carbocycles. The van der Waals surface area contributed by atoms with Crippen molar-refractivity contribution in [2.75, 3.05) is 0 Å². The van der Waals surface area contributed by atoms with Gasteiger partial charge in [0.1, 0.15) is 17.1 Å². The third-order valence-electron chi connectivity index (χ3n) is 1.39. The Morgan fingerprint density at radius 2 is 2.42 bits per heavy atom. The molecule has 0 unspecified atom stereocenters. The molecule has 4 heteroatoms. The average Bonchev–Trinajstić information content (AvgIpc) is 2.32. The van der Waals surface area contributed by atoms with E-state index in [-0.39, 0.29) is 5.56 Å². The van der Waals surface area contributed by atoms with Gasteiger partial charge in [-0.2, -0.15) is 0 Å². The molecule has 1 heterocycles. The zero-order valence-electron chi connectivity index (χ0n) is 6.37. The van der Waals surface area contributed by atoms with Gasteiger partial charge in [-0.25, -0.2) is 4.79 Å². The van der Waals surface area contributed by atoms with Crippen molar-refractivity contribution in [1.29, 1.82) is 0 Å². The normalized spacial score (nSPS) is 10.8. The van der Waals surface area contributed by atoms with E-state index in [2.05, 4.69) is 15.9 Å². The van der Waals surface area contributed by atoms with Crippen LogP contribution in [0.25, 0.3) is 6.08 Å².